The van der Waals surface area contributed by atoms with E-state index in [2.05, 4.69) is 14.7 Å². The Labute approximate surface area is 135 Å². The van der Waals surface area contributed by atoms with E-state index >= 15 is 0 Å². The number of rotatable bonds is 3. The van der Waals surface area contributed by atoms with Crippen molar-refractivity contribution in [1.82, 2.24) is 9.97 Å². The molecule has 1 aromatic heterocycles. The largest absolute Gasteiger partial charge is 0.274 e. The zero-order valence-corrected chi connectivity index (χ0v) is 13.1. The average molecular weight is 364 g/mol. The van der Waals surface area contributed by atoms with Crippen molar-refractivity contribution < 1.29 is 8.42 Å². The average Bonchev–Trinajstić information content (AvgIpc) is 2.43. The van der Waals surface area contributed by atoms with Gasteiger partial charge < -0.3 is 0 Å². The number of hydrogen-bond acceptors (Lipinski definition) is 5. The van der Waals surface area contributed by atoms with Gasteiger partial charge in [0.15, 0.2) is 10.3 Å². The molecular formula is C11H5Cl3N4O2S. The minimum Gasteiger partial charge on any atom is -0.274 e. The van der Waals surface area contributed by atoms with Gasteiger partial charge >= 0.3 is 0 Å². The Balaban J connectivity index is 2.44. The molecule has 10 heteroatoms. The highest BCUT2D eigenvalue weighted by Gasteiger charge is 2.20. The van der Waals surface area contributed by atoms with Crippen LogP contribution in [0.2, 0.25) is 15.3 Å². The third kappa shape index (κ3) is 3.36. The van der Waals surface area contributed by atoms with Crippen LogP contribution in [0.1, 0.15) is 5.56 Å². The van der Waals surface area contributed by atoms with Gasteiger partial charge in [0, 0.05) is 0 Å². The minimum absolute atomic E-state index is 0.0156. The third-order valence-corrected chi connectivity index (χ3v) is 4.60. The molecule has 0 amide bonds. The Hall–Kier alpha value is -1.59. The second-order valence-electron chi connectivity index (χ2n) is 3.69. The Morgan fingerprint density at radius 3 is 2.29 bits per heavy atom. The van der Waals surface area contributed by atoms with Crippen molar-refractivity contribution in [3.8, 4) is 6.07 Å². The number of halogens is 3. The predicted octanol–water partition coefficient (Wildman–Crippen LogP) is 3.11. The molecule has 0 unspecified atom stereocenters. The summed E-state index contributed by atoms with van der Waals surface area (Å²) in [7, 11) is -4.00. The molecule has 21 heavy (non-hydrogen) atoms. The summed E-state index contributed by atoms with van der Waals surface area (Å²) in [6, 6.07) is 5.51. The van der Waals surface area contributed by atoms with Crippen LogP contribution in [0.25, 0.3) is 0 Å². The molecular weight excluding hydrogens is 359 g/mol. The van der Waals surface area contributed by atoms with Crippen molar-refractivity contribution >= 4 is 50.5 Å². The quantitative estimate of drug-likeness (QED) is 0.845. The van der Waals surface area contributed by atoms with Crippen LogP contribution in [-0.4, -0.2) is 18.4 Å². The summed E-state index contributed by atoms with van der Waals surface area (Å²) in [5, 5.41) is 8.50. The molecule has 0 saturated carbocycles. The van der Waals surface area contributed by atoms with E-state index in [0.717, 1.165) is 12.4 Å². The lowest BCUT2D eigenvalue weighted by Gasteiger charge is -2.10. The molecule has 2 aromatic rings. The zero-order chi connectivity index (χ0) is 15.6. The van der Waals surface area contributed by atoms with Gasteiger partial charge in [0.2, 0.25) is 0 Å². The van der Waals surface area contributed by atoms with Crippen molar-refractivity contribution in [2.24, 2.45) is 0 Å². The van der Waals surface area contributed by atoms with E-state index in [9.17, 15) is 8.42 Å². The van der Waals surface area contributed by atoms with E-state index in [1.165, 1.54) is 12.1 Å². The molecule has 0 aliphatic rings. The van der Waals surface area contributed by atoms with Crippen LogP contribution in [-0.2, 0) is 10.0 Å². The first-order valence-corrected chi connectivity index (χ1v) is 7.85. The van der Waals surface area contributed by atoms with E-state index in [1.54, 1.807) is 0 Å². The Morgan fingerprint density at radius 2 is 1.76 bits per heavy atom. The fraction of sp³-hybridized carbons (Fsp3) is 0. The molecule has 0 atom stereocenters. The van der Waals surface area contributed by atoms with E-state index in [-0.39, 0.29) is 31.5 Å². The van der Waals surface area contributed by atoms with E-state index in [0.29, 0.717) is 0 Å². The lowest BCUT2D eigenvalue weighted by Crippen LogP contribution is -2.14. The molecule has 0 radical (unpaired) electrons. The number of anilines is 1. The van der Waals surface area contributed by atoms with Crippen LogP contribution in [0.3, 0.4) is 0 Å². The summed E-state index contributed by atoms with van der Waals surface area (Å²) >= 11 is 17.4. The molecule has 1 heterocycles. The molecule has 0 spiro atoms. The summed E-state index contributed by atoms with van der Waals surface area (Å²) < 4.78 is 26.6. The monoisotopic (exact) mass is 362 g/mol. The van der Waals surface area contributed by atoms with Gasteiger partial charge in [0.1, 0.15) is 18.1 Å². The van der Waals surface area contributed by atoms with E-state index < -0.39 is 10.0 Å². The first-order chi connectivity index (χ1) is 9.85. The molecule has 1 aromatic carbocycles. The van der Waals surface area contributed by atoms with E-state index in [4.69, 9.17) is 40.1 Å². The molecule has 0 aliphatic carbocycles. The van der Waals surface area contributed by atoms with Gasteiger partial charge in [0.05, 0.1) is 15.5 Å². The molecule has 2 rings (SSSR count). The van der Waals surface area contributed by atoms with Crippen LogP contribution in [0.15, 0.2) is 29.4 Å². The van der Waals surface area contributed by atoms with Gasteiger partial charge in [-0.2, -0.15) is 5.26 Å². The summed E-state index contributed by atoms with van der Waals surface area (Å²) in [6.45, 7) is 0. The van der Waals surface area contributed by atoms with Crippen molar-refractivity contribution in [2.75, 3.05) is 4.72 Å². The predicted molar refractivity (Wildman–Crippen MR) is 79.0 cm³/mol. The fourth-order valence-corrected chi connectivity index (χ4v) is 3.28. The second kappa shape index (κ2) is 6.03. The summed E-state index contributed by atoms with van der Waals surface area (Å²) in [5.74, 6) is 0. The minimum atomic E-state index is -4.00. The molecule has 6 nitrogen and oxygen atoms in total. The molecule has 0 bridgehead atoms. The number of nitrogens with zero attached hydrogens (tertiary/aromatic N) is 3. The maximum Gasteiger partial charge on any atom is 0.262 e. The molecule has 1 N–H and O–H groups in total. The highest BCUT2D eigenvalue weighted by atomic mass is 35.5. The summed E-state index contributed by atoms with van der Waals surface area (Å²) in [6.07, 6.45) is 1.10. The molecule has 0 saturated heterocycles. The summed E-state index contributed by atoms with van der Waals surface area (Å²) in [4.78, 5) is 7.12. The van der Waals surface area contributed by atoms with E-state index in [1.807, 2.05) is 6.07 Å². The van der Waals surface area contributed by atoms with Gasteiger partial charge in [-0.15, -0.1) is 0 Å². The number of benzene rings is 1. The standard InChI is InChI=1S/C11H5Cl3N4O2S/c12-8-3-7(2-1-6(8)4-15)21(19,20)18-9-10(13)16-5-17-11(9)14/h1-3,5,18H. The van der Waals surface area contributed by atoms with Crippen molar-refractivity contribution in [3.05, 3.63) is 45.4 Å². The lowest BCUT2D eigenvalue weighted by molar-refractivity contribution is 0.601. The number of aromatic nitrogens is 2. The maximum absolute atomic E-state index is 12.2. The smallest absolute Gasteiger partial charge is 0.262 e. The summed E-state index contributed by atoms with van der Waals surface area (Å²) in [5.41, 5.74) is 0.0241. The molecule has 0 aliphatic heterocycles. The first kappa shape index (κ1) is 15.8. The number of nitriles is 1. The highest BCUT2D eigenvalue weighted by Crippen LogP contribution is 2.29. The second-order valence-corrected chi connectivity index (χ2v) is 6.49. The van der Waals surface area contributed by atoms with Crippen molar-refractivity contribution in [3.63, 3.8) is 0 Å². The first-order valence-electron chi connectivity index (χ1n) is 5.23. The number of hydrogen-bond donors (Lipinski definition) is 1. The van der Waals surface area contributed by atoms with Gasteiger partial charge in [-0.1, -0.05) is 34.8 Å². The van der Waals surface area contributed by atoms with Crippen LogP contribution in [0, 0.1) is 11.3 Å². The topological polar surface area (TPSA) is 95.7 Å². The third-order valence-electron chi connectivity index (χ3n) is 2.36. The lowest BCUT2D eigenvalue weighted by atomic mass is 10.2. The van der Waals surface area contributed by atoms with Crippen LogP contribution >= 0.6 is 34.8 Å². The van der Waals surface area contributed by atoms with Crippen molar-refractivity contribution in [2.45, 2.75) is 4.90 Å². The number of nitrogens with one attached hydrogen (secondary N) is 1. The Kier molecular flexibility index (Phi) is 4.54. The number of sulfonamides is 1. The molecule has 0 fully saturated rings. The zero-order valence-electron chi connectivity index (χ0n) is 10.0. The van der Waals surface area contributed by atoms with Gasteiger partial charge in [-0.3, -0.25) is 4.72 Å². The SMILES string of the molecule is N#Cc1ccc(S(=O)(=O)Nc2c(Cl)ncnc2Cl)cc1Cl. The molecule has 108 valence electrons. The van der Waals surface area contributed by atoms with Gasteiger partial charge in [-0.05, 0) is 18.2 Å². The van der Waals surface area contributed by atoms with Crippen LogP contribution < -0.4 is 4.72 Å². The van der Waals surface area contributed by atoms with Crippen LogP contribution in [0.5, 0.6) is 0 Å². The Bertz CT molecular complexity index is 829. The maximum atomic E-state index is 12.2. The van der Waals surface area contributed by atoms with Crippen molar-refractivity contribution in [1.29, 1.82) is 5.26 Å². The highest BCUT2D eigenvalue weighted by molar-refractivity contribution is 7.92. The Morgan fingerprint density at radius 1 is 1.14 bits per heavy atom. The normalized spacial score (nSPS) is 11.0. The fourth-order valence-electron chi connectivity index (χ4n) is 1.38. The van der Waals surface area contributed by atoms with Gasteiger partial charge in [-0.25, -0.2) is 18.4 Å². The van der Waals surface area contributed by atoms with Gasteiger partial charge in [0.25, 0.3) is 10.0 Å². The van der Waals surface area contributed by atoms with Crippen LogP contribution in [0.4, 0.5) is 5.69 Å².